The van der Waals surface area contributed by atoms with Crippen LogP contribution in [0.5, 0.6) is 0 Å². The Labute approximate surface area is 286 Å². The van der Waals surface area contributed by atoms with Crippen LogP contribution in [0.4, 0.5) is 0 Å². The van der Waals surface area contributed by atoms with Crippen molar-refractivity contribution in [3.8, 4) is 6.07 Å². The van der Waals surface area contributed by atoms with Gasteiger partial charge in [0.15, 0.2) is 0 Å². The van der Waals surface area contributed by atoms with Crippen LogP contribution in [0.1, 0.15) is 158 Å². The first-order chi connectivity index (χ1) is 22.0. The molecule has 0 spiro atoms. The summed E-state index contributed by atoms with van der Waals surface area (Å²) in [6.07, 6.45) is 0. The summed E-state index contributed by atoms with van der Waals surface area (Å²) in [4.78, 5) is 5.27. The van der Waals surface area contributed by atoms with E-state index < -0.39 is 9.84 Å². The van der Waals surface area contributed by atoms with Crippen molar-refractivity contribution in [2.75, 3.05) is 0 Å². The van der Waals surface area contributed by atoms with Gasteiger partial charge in [-0.05, 0) is 94.2 Å². The lowest BCUT2D eigenvalue weighted by atomic mass is 9.89. The van der Waals surface area contributed by atoms with Gasteiger partial charge in [-0.15, -0.1) is 0 Å². The van der Waals surface area contributed by atoms with E-state index in [1.54, 1.807) is 24.3 Å². The molecule has 3 aromatic carbocycles. The molecular formula is C42H56N2O2S. The van der Waals surface area contributed by atoms with E-state index in [1.165, 1.54) is 22.5 Å². The molecule has 4 nitrogen and oxygen atoms in total. The predicted molar refractivity (Wildman–Crippen MR) is 198 cm³/mol. The van der Waals surface area contributed by atoms with Gasteiger partial charge in [-0.3, -0.25) is 4.98 Å². The van der Waals surface area contributed by atoms with Gasteiger partial charge in [0.1, 0.15) is 0 Å². The van der Waals surface area contributed by atoms with Gasteiger partial charge in [0.25, 0.3) is 0 Å². The molecule has 0 amide bonds. The van der Waals surface area contributed by atoms with Crippen LogP contribution in [0.3, 0.4) is 0 Å². The first-order valence-electron chi connectivity index (χ1n) is 17.0. The van der Waals surface area contributed by atoms with E-state index in [1.807, 2.05) is 30.3 Å². The van der Waals surface area contributed by atoms with Crippen LogP contribution in [0.15, 0.2) is 94.7 Å². The van der Waals surface area contributed by atoms with Crippen LogP contribution in [0.2, 0.25) is 0 Å². The largest absolute Gasteiger partial charge is 0.257 e. The Balaban J connectivity index is 0.000000258. The maximum Gasteiger partial charge on any atom is 0.206 e. The van der Waals surface area contributed by atoms with Gasteiger partial charge in [-0.1, -0.05) is 132 Å². The Kier molecular flexibility index (Phi) is 15.1. The summed E-state index contributed by atoms with van der Waals surface area (Å²) in [6, 6.07) is 29.1. The second-order valence-electron chi connectivity index (χ2n) is 14.0. The van der Waals surface area contributed by atoms with Gasteiger partial charge in [0, 0.05) is 11.4 Å². The summed E-state index contributed by atoms with van der Waals surface area (Å²) in [6.45, 7) is 25.6. The molecule has 47 heavy (non-hydrogen) atoms. The second-order valence-corrected chi connectivity index (χ2v) is 15.9. The highest BCUT2D eigenvalue weighted by Crippen LogP contribution is 2.27. The van der Waals surface area contributed by atoms with E-state index in [2.05, 4.69) is 124 Å². The quantitative estimate of drug-likeness (QED) is 0.190. The minimum atomic E-state index is -3.42. The number of hydrogen-bond acceptors (Lipinski definition) is 4. The monoisotopic (exact) mass is 652 g/mol. The molecule has 0 saturated carbocycles. The number of nitriles is 1. The van der Waals surface area contributed by atoms with Crippen LogP contribution in [0.25, 0.3) is 0 Å². The lowest BCUT2D eigenvalue weighted by Gasteiger charge is -2.14. The molecule has 252 valence electrons. The molecule has 0 unspecified atom stereocenters. The molecule has 0 fully saturated rings. The SMILES string of the molecule is CC(C)c1ccc(S(=O)(=O)c2ccc(C(C)C)cc2)cc1.CC(C)c1cccc(C(C)C)c1C#N.CC(C)c1cccc(C(C)C)n1. The molecule has 0 aliphatic rings. The number of rotatable bonds is 8. The van der Waals surface area contributed by atoms with Crippen molar-refractivity contribution in [1.29, 1.82) is 5.26 Å². The molecule has 1 aromatic heterocycles. The zero-order valence-corrected chi connectivity index (χ0v) is 31.5. The van der Waals surface area contributed by atoms with E-state index >= 15 is 0 Å². The van der Waals surface area contributed by atoms with Crippen LogP contribution < -0.4 is 0 Å². The minimum Gasteiger partial charge on any atom is -0.257 e. The average molecular weight is 653 g/mol. The Hall–Kier alpha value is -3.75. The second kappa shape index (κ2) is 18.0. The number of pyridine rings is 1. The van der Waals surface area contributed by atoms with Crippen LogP contribution in [0, 0.1) is 11.3 Å². The van der Waals surface area contributed by atoms with Crippen molar-refractivity contribution in [3.63, 3.8) is 0 Å². The number of aromatic nitrogens is 1. The van der Waals surface area contributed by atoms with E-state index in [0.29, 0.717) is 45.3 Å². The summed E-state index contributed by atoms with van der Waals surface area (Å²) >= 11 is 0. The average Bonchev–Trinajstić information content (AvgIpc) is 3.04. The molecule has 0 N–H and O–H groups in total. The van der Waals surface area contributed by atoms with Crippen molar-refractivity contribution >= 4 is 9.84 Å². The molecular weight excluding hydrogens is 597 g/mol. The third-order valence-corrected chi connectivity index (χ3v) is 9.96. The molecule has 0 aliphatic carbocycles. The maximum absolute atomic E-state index is 12.6. The van der Waals surface area contributed by atoms with E-state index in [0.717, 1.165) is 16.7 Å². The number of benzene rings is 3. The zero-order chi connectivity index (χ0) is 35.5. The summed E-state index contributed by atoms with van der Waals surface area (Å²) in [5.41, 5.74) is 7.88. The Morgan fingerprint density at radius 3 is 1.11 bits per heavy atom. The third kappa shape index (κ3) is 11.2. The van der Waals surface area contributed by atoms with Crippen molar-refractivity contribution in [2.24, 2.45) is 0 Å². The third-order valence-electron chi connectivity index (χ3n) is 8.17. The molecule has 0 saturated heterocycles. The first kappa shape index (κ1) is 39.4. The van der Waals surface area contributed by atoms with Gasteiger partial charge < -0.3 is 0 Å². The topological polar surface area (TPSA) is 70.8 Å². The fourth-order valence-electron chi connectivity index (χ4n) is 4.99. The lowest BCUT2D eigenvalue weighted by Crippen LogP contribution is -2.02. The van der Waals surface area contributed by atoms with Crippen LogP contribution >= 0.6 is 0 Å². The van der Waals surface area contributed by atoms with Gasteiger partial charge >= 0.3 is 0 Å². The van der Waals surface area contributed by atoms with E-state index in [4.69, 9.17) is 5.26 Å². The fourth-order valence-corrected chi connectivity index (χ4v) is 6.25. The predicted octanol–water partition coefficient (Wildman–Crippen LogP) is 11.9. The van der Waals surface area contributed by atoms with Crippen LogP contribution in [-0.4, -0.2) is 13.4 Å². The van der Waals surface area contributed by atoms with Gasteiger partial charge in [0.2, 0.25) is 9.84 Å². The normalized spacial score (nSPS) is 11.4. The number of hydrogen-bond donors (Lipinski definition) is 0. The zero-order valence-electron chi connectivity index (χ0n) is 30.7. The number of sulfone groups is 1. The first-order valence-corrected chi connectivity index (χ1v) is 18.4. The van der Waals surface area contributed by atoms with Crippen LogP contribution in [-0.2, 0) is 9.84 Å². The summed E-state index contributed by atoms with van der Waals surface area (Å²) < 4.78 is 25.2. The van der Waals surface area contributed by atoms with Crippen molar-refractivity contribution in [1.82, 2.24) is 4.98 Å². The van der Waals surface area contributed by atoms with E-state index in [9.17, 15) is 8.42 Å². The fraction of sp³-hybridized carbons (Fsp3) is 0.429. The van der Waals surface area contributed by atoms with Gasteiger partial charge in [-0.25, -0.2) is 8.42 Å². The Morgan fingerprint density at radius 2 is 0.830 bits per heavy atom. The maximum atomic E-state index is 12.6. The van der Waals surface area contributed by atoms with Gasteiger partial charge in [0.05, 0.1) is 21.4 Å². The molecule has 0 radical (unpaired) electrons. The smallest absolute Gasteiger partial charge is 0.206 e. The molecule has 5 heteroatoms. The Morgan fingerprint density at radius 1 is 0.489 bits per heavy atom. The highest BCUT2D eigenvalue weighted by Gasteiger charge is 2.18. The standard InChI is InChI=1S/C18H22O2S.C13H17N.C11H17N/c1-13(2)15-5-9-17(10-6-15)21(19,20)18-11-7-16(8-12-18)14(3)4;1-9(2)11-6-5-7-12(10(3)4)13(11)8-14;1-8(2)10-6-5-7-11(12-10)9(3)4/h5-14H,1-4H3;5-7,9-10H,1-4H3;5-9H,1-4H3. The highest BCUT2D eigenvalue weighted by molar-refractivity contribution is 7.91. The number of nitrogens with zero attached hydrogens (tertiary/aromatic N) is 2. The molecule has 0 atom stereocenters. The van der Waals surface area contributed by atoms with Crippen molar-refractivity contribution in [3.05, 3.63) is 124 Å². The lowest BCUT2D eigenvalue weighted by molar-refractivity contribution is 0.596. The highest BCUT2D eigenvalue weighted by atomic mass is 32.2. The Bertz CT molecular complexity index is 1580. The summed E-state index contributed by atoms with van der Waals surface area (Å²) in [7, 11) is -3.42. The molecule has 0 bridgehead atoms. The van der Waals surface area contributed by atoms with Crippen molar-refractivity contribution in [2.45, 2.75) is 128 Å². The molecule has 4 aromatic rings. The molecule has 4 rings (SSSR count). The van der Waals surface area contributed by atoms with Crippen molar-refractivity contribution < 1.29 is 8.42 Å². The molecule has 1 heterocycles. The van der Waals surface area contributed by atoms with E-state index in [-0.39, 0.29) is 0 Å². The minimum absolute atomic E-state index is 0.351. The molecule has 0 aliphatic heterocycles. The van der Waals surface area contributed by atoms with Gasteiger partial charge in [-0.2, -0.15) is 5.26 Å². The summed E-state index contributed by atoms with van der Waals surface area (Å²) in [5, 5.41) is 9.15. The summed E-state index contributed by atoms with van der Waals surface area (Å²) in [5.74, 6) is 2.69.